The normalized spacial score (nSPS) is 9.94. The molecule has 0 unspecified atom stereocenters. The van der Waals surface area contributed by atoms with Gasteiger partial charge < -0.3 is 19.9 Å². The summed E-state index contributed by atoms with van der Waals surface area (Å²) >= 11 is 0. The van der Waals surface area contributed by atoms with Gasteiger partial charge in [0.2, 0.25) is 0 Å². The molecule has 2 N–H and O–H groups in total. The Kier molecular flexibility index (Phi) is 6.00. The zero-order chi connectivity index (χ0) is 13.4. The summed E-state index contributed by atoms with van der Waals surface area (Å²) in [4.78, 5) is 11.3. The van der Waals surface area contributed by atoms with Crippen LogP contribution in [0.5, 0.6) is 11.5 Å². The minimum absolute atomic E-state index is 0.0831. The fraction of sp³-hybridized carbons (Fsp3) is 0.462. The number of hydrogen-bond donors (Lipinski definition) is 2. The quantitative estimate of drug-likeness (QED) is 0.752. The number of ether oxygens (including phenoxy) is 2. The molecule has 0 bridgehead atoms. The van der Waals surface area contributed by atoms with Gasteiger partial charge in [0.05, 0.1) is 13.7 Å². The van der Waals surface area contributed by atoms with Crippen molar-refractivity contribution in [3.8, 4) is 11.5 Å². The Morgan fingerprint density at radius 3 is 2.78 bits per heavy atom. The van der Waals surface area contributed by atoms with Crippen molar-refractivity contribution in [3.63, 3.8) is 0 Å². The molecule has 0 aliphatic carbocycles. The molecule has 0 aliphatic heterocycles. The molecular weight excluding hydrogens is 234 g/mol. The third-order valence-corrected chi connectivity index (χ3v) is 2.43. The largest absolute Gasteiger partial charge is 0.493 e. The molecule has 1 aromatic carbocycles. The first-order valence-electron chi connectivity index (χ1n) is 5.88. The molecule has 0 heterocycles. The molecule has 0 saturated heterocycles. The van der Waals surface area contributed by atoms with E-state index < -0.39 is 0 Å². The van der Waals surface area contributed by atoms with Gasteiger partial charge in [-0.2, -0.15) is 0 Å². The maximum atomic E-state index is 11.3. The fourth-order valence-corrected chi connectivity index (χ4v) is 1.44. The molecule has 1 rings (SSSR count). The second kappa shape index (κ2) is 7.55. The van der Waals surface area contributed by atoms with E-state index in [9.17, 15) is 4.79 Å². The van der Waals surface area contributed by atoms with Gasteiger partial charge in [0.15, 0.2) is 18.1 Å². The Morgan fingerprint density at radius 2 is 2.17 bits per heavy atom. The molecule has 0 atom stereocenters. The van der Waals surface area contributed by atoms with E-state index in [1.54, 1.807) is 13.2 Å². The van der Waals surface area contributed by atoms with Gasteiger partial charge in [-0.3, -0.25) is 4.79 Å². The highest BCUT2D eigenvalue weighted by molar-refractivity contribution is 5.77. The lowest BCUT2D eigenvalue weighted by Gasteiger charge is -2.11. The second-order valence-corrected chi connectivity index (χ2v) is 3.70. The second-order valence-electron chi connectivity index (χ2n) is 3.70. The van der Waals surface area contributed by atoms with E-state index >= 15 is 0 Å². The average Bonchev–Trinajstić information content (AvgIpc) is 2.42. The highest BCUT2D eigenvalue weighted by Crippen LogP contribution is 2.28. The molecule has 1 amide bonds. The number of carbonyl (C=O) groups excluding carboxylic acids is 1. The van der Waals surface area contributed by atoms with Crippen LogP contribution in [0.1, 0.15) is 12.5 Å². The van der Waals surface area contributed by atoms with Crippen LogP contribution >= 0.6 is 0 Å². The zero-order valence-electron chi connectivity index (χ0n) is 10.7. The van der Waals surface area contributed by atoms with E-state index in [1.807, 2.05) is 12.1 Å². The number of amides is 1. The monoisotopic (exact) mass is 253 g/mol. The van der Waals surface area contributed by atoms with Crippen molar-refractivity contribution in [2.45, 2.75) is 13.3 Å². The average molecular weight is 253 g/mol. The van der Waals surface area contributed by atoms with E-state index in [1.165, 1.54) is 0 Å². The van der Waals surface area contributed by atoms with Crippen LogP contribution in [0, 0.1) is 0 Å². The first-order valence-corrected chi connectivity index (χ1v) is 5.88. The highest BCUT2D eigenvalue weighted by atomic mass is 16.5. The van der Waals surface area contributed by atoms with Crippen molar-refractivity contribution in [2.24, 2.45) is 0 Å². The first-order chi connectivity index (χ1) is 8.71. The van der Waals surface area contributed by atoms with Gasteiger partial charge in [0.1, 0.15) is 0 Å². The van der Waals surface area contributed by atoms with Crippen LogP contribution in [-0.2, 0) is 11.2 Å². The smallest absolute Gasteiger partial charge is 0.258 e. The van der Waals surface area contributed by atoms with Gasteiger partial charge in [-0.1, -0.05) is 13.0 Å². The van der Waals surface area contributed by atoms with Crippen molar-refractivity contribution in [2.75, 3.05) is 26.9 Å². The zero-order valence-corrected chi connectivity index (χ0v) is 10.7. The first kappa shape index (κ1) is 14.3. The molecule has 0 radical (unpaired) electrons. The maximum Gasteiger partial charge on any atom is 0.258 e. The number of aliphatic hydroxyl groups is 1. The summed E-state index contributed by atoms with van der Waals surface area (Å²) in [6, 6.07) is 5.61. The number of methoxy groups -OCH3 is 1. The van der Waals surface area contributed by atoms with Gasteiger partial charge in [-0.15, -0.1) is 0 Å². The maximum absolute atomic E-state index is 11.3. The van der Waals surface area contributed by atoms with E-state index in [-0.39, 0.29) is 25.7 Å². The minimum atomic E-state index is -0.273. The van der Waals surface area contributed by atoms with E-state index in [0.717, 1.165) is 12.0 Å². The van der Waals surface area contributed by atoms with E-state index in [2.05, 4.69) is 12.2 Å². The van der Waals surface area contributed by atoms with Crippen molar-refractivity contribution >= 4 is 5.91 Å². The summed E-state index contributed by atoms with van der Waals surface area (Å²) in [5, 5.41) is 11.1. The highest BCUT2D eigenvalue weighted by Gasteiger charge is 2.07. The molecule has 18 heavy (non-hydrogen) atoms. The Morgan fingerprint density at radius 1 is 1.39 bits per heavy atom. The summed E-state index contributed by atoms with van der Waals surface area (Å²) in [5.41, 5.74) is 1.14. The molecule has 0 saturated carbocycles. The molecule has 5 nitrogen and oxygen atoms in total. The summed E-state index contributed by atoms with van der Waals surface area (Å²) in [7, 11) is 1.56. The minimum Gasteiger partial charge on any atom is -0.493 e. The molecule has 0 fully saturated rings. The number of nitrogens with one attached hydrogen (secondary N) is 1. The lowest BCUT2D eigenvalue weighted by Crippen LogP contribution is -2.31. The van der Waals surface area contributed by atoms with Gasteiger partial charge in [-0.25, -0.2) is 0 Å². The number of hydrogen-bond acceptors (Lipinski definition) is 4. The van der Waals surface area contributed by atoms with E-state index in [0.29, 0.717) is 11.5 Å². The van der Waals surface area contributed by atoms with Crippen LogP contribution in [0.25, 0.3) is 0 Å². The third kappa shape index (κ3) is 4.25. The molecule has 0 aliphatic rings. The van der Waals surface area contributed by atoms with Crippen molar-refractivity contribution in [1.82, 2.24) is 5.32 Å². The predicted octanol–water partition coefficient (Wildman–Crippen LogP) is 0.745. The summed E-state index contributed by atoms with van der Waals surface area (Å²) in [6.45, 7) is 2.10. The molecule has 0 spiro atoms. The van der Waals surface area contributed by atoms with Gasteiger partial charge in [-0.05, 0) is 24.1 Å². The van der Waals surface area contributed by atoms with Crippen LogP contribution in [0.15, 0.2) is 18.2 Å². The van der Waals surface area contributed by atoms with Crippen molar-refractivity contribution in [1.29, 1.82) is 0 Å². The van der Waals surface area contributed by atoms with Gasteiger partial charge >= 0.3 is 0 Å². The van der Waals surface area contributed by atoms with Crippen LogP contribution in [0.4, 0.5) is 0 Å². The fourth-order valence-electron chi connectivity index (χ4n) is 1.44. The van der Waals surface area contributed by atoms with Crippen LogP contribution < -0.4 is 14.8 Å². The van der Waals surface area contributed by atoms with Crippen LogP contribution in [0.3, 0.4) is 0 Å². The Balaban J connectivity index is 2.58. The lowest BCUT2D eigenvalue weighted by molar-refractivity contribution is -0.123. The summed E-state index contributed by atoms with van der Waals surface area (Å²) < 4.78 is 10.6. The number of aliphatic hydroxyl groups excluding tert-OH is 1. The SMILES string of the molecule is CCc1ccc(OCC(=O)NCCO)c(OC)c1. The Hall–Kier alpha value is -1.75. The summed E-state index contributed by atoms with van der Waals surface area (Å²) in [5.74, 6) is 0.879. The van der Waals surface area contributed by atoms with Gasteiger partial charge in [0, 0.05) is 6.54 Å². The van der Waals surface area contributed by atoms with Crippen molar-refractivity contribution in [3.05, 3.63) is 23.8 Å². The molecule has 5 heteroatoms. The molecule has 100 valence electrons. The Bertz CT molecular complexity index is 393. The van der Waals surface area contributed by atoms with Gasteiger partial charge in [0.25, 0.3) is 5.91 Å². The standard InChI is InChI=1S/C13H19NO4/c1-3-10-4-5-11(12(8-10)17-2)18-9-13(16)14-6-7-15/h4-5,8,15H,3,6-7,9H2,1-2H3,(H,14,16). The van der Waals surface area contributed by atoms with E-state index in [4.69, 9.17) is 14.6 Å². The summed E-state index contributed by atoms with van der Waals surface area (Å²) in [6.07, 6.45) is 0.910. The third-order valence-electron chi connectivity index (χ3n) is 2.43. The van der Waals surface area contributed by atoms with Crippen LogP contribution in [0.2, 0.25) is 0 Å². The Labute approximate surface area is 107 Å². The number of rotatable bonds is 7. The number of aryl methyl sites for hydroxylation is 1. The topological polar surface area (TPSA) is 67.8 Å². The number of carbonyl (C=O) groups is 1. The van der Waals surface area contributed by atoms with Crippen molar-refractivity contribution < 1.29 is 19.4 Å². The molecule has 1 aromatic rings. The molecule has 0 aromatic heterocycles. The predicted molar refractivity (Wildman–Crippen MR) is 68.0 cm³/mol. The van der Waals surface area contributed by atoms with Crippen LogP contribution in [-0.4, -0.2) is 37.9 Å². The lowest BCUT2D eigenvalue weighted by atomic mass is 10.1. The molecular formula is C13H19NO4. The number of benzene rings is 1.